The summed E-state index contributed by atoms with van der Waals surface area (Å²) in [5.74, 6) is -9.17. The number of nitrogens with two attached hydrogens (primary N) is 1. The van der Waals surface area contributed by atoms with Crippen LogP contribution in [0.5, 0.6) is 5.75 Å². The number of aliphatic hydroxyl groups is 7. The molecule has 1 aliphatic carbocycles. The number of fused-ring (bicyclic) bond motifs is 7. The summed E-state index contributed by atoms with van der Waals surface area (Å²) < 4.78 is 29.4. The van der Waals surface area contributed by atoms with Crippen molar-refractivity contribution in [2.45, 2.75) is 131 Å². The van der Waals surface area contributed by atoms with E-state index in [0.29, 0.717) is 32.9 Å². The Morgan fingerprint density at radius 2 is 1.51 bits per heavy atom. The average molecular weight is 1380 g/mol. The molecule has 6 aromatic rings. The number of rotatable bonds is 26. The lowest BCUT2D eigenvalue weighted by Crippen LogP contribution is -2.68. The number of anilines is 2. The quantitative estimate of drug-likeness (QED) is 0.0268. The topological polar surface area (TPSA) is 462 Å². The lowest BCUT2D eigenvalue weighted by atomic mass is 9.88. The smallest absolute Gasteiger partial charge is 0.407 e. The molecule has 3 aliphatic heterocycles. The van der Waals surface area contributed by atoms with E-state index in [9.17, 15) is 79.2 Å². The summed E-state index contributed by atoms with van der Waals surface area (Å²) in [7, 11) is 0. The van der Waals surface area contributed by atoms with Crippen molar-refractivity contribution in [1.82, 2.24) is 31.6 Å². The van der Waals surface area contributed by atoms with Gasteiger partial charge in [-0.3, -0.25) is 24.0 Å². The molecule has 0 saturated carbocycles. The molecule has 8 amide bonds. The summed E-state index contributed by atoms with van der Waals surface area (Å²) >= 11 is 6.61. The van der Waals surface area contributed by atoms with Crippen molar-refractivity contribution in [2.75, 3.05) is 55.6 Å². The van der Waals surface area contributed by atoms with Crippen LogP contribution >= 0.6 is 11.6 Å². The Morgan fingerprint density at radius 1 is 0.827 bits per heavy atom. The Balaban J connectivity index is 0.795. The van der Waals surface area contributed by atoms with Gasteiger partial charge in [0.1, 0.15) is 72.9 Å². The number of nitrogens with zero attached hydrogens (tertiary/aromatic N) is 1. The van der Waals surface area contributed by atoms with Crippen molar-refractivity contribution < 1.29 is 103 Å². The van der Waals surface area contributed by atoms with Crippen LogP contribution < -0.4 is 47.3 Å². The van der Waals surface area contributed by atoms with Gasteiger partial charge >= 0.3 is 18.1 Å². The number of halogens is 1. The number of alkyl halides is 1. The molecule has 31 heteroatoms. The number of carboxylic acids is 1. The number of H-pyrrole nitrogens is 1. The first kappa shape index (κ1) is 71.7. The lowest BCUT2D eigenvalue weighted by molar-refractivity contribution is -0.332. The highest BCUT2D eigenvalue weighted by Gasteiger charge is 2.57. The maximum absolute atomic E-state index is 14.8. The van der Waals surface area contributed by atoms with Gasteiger partial charge in [-0.2, -0.15) is 0 Å². The first-order valence-electron chi connectivity index (χ1n) is 31.7. The highest BCUT2D eigenvalue weighted by Crippen LogP contribution is 2.48. The fraction of sp³-hybridized carbons (Fsp3) is 0.433. The number of carbonyl (C=O) groups is 8. The molecule has 2 fully saturated rings. The number of urea groups is 1. The Morgan fingerprint density at radius 3 is 2.16 bits per heavy atom. The summed E-state index contributed by atoms with van der Waals surface area (Å²) in [6, 6.07) is 25.7. The molecule has 17 N–H and O–H groups in total. The van der Waals surface area contributed by atoms with Gasteiger partial charge < -0.3 is 112 Å². The maximum Gasteiger partial charge on any atom is 0.407 e. The summed E-state index contributed by atoms with van der Waals surface area (Å²) in [5.41, 5.74) is 11.2. The van der Waals surface area contributed by atoms with Crippen LogP contribution in [0.2, 0.25) is 0 Å². The zero-order valence-electron chi connectivity index (χ0n) is 53.3. The van der Waals surface area contributed by atoms with Crippen LogP contribution in [-0.4, -0.2) is 218 Å². The maximum atomic E-state index is 14.8. The number of aliphatic hydroxyl groups excluding tert-OH is 7. The van der Waals surface area contributed by atoms with E-state index in [1.165, 1.54) is 11.0 Å². The Labute approximate surface area is 565 Å². The second-order valence-corrected chi connectivity index (χ2v) is 25.2. The number of amides is 8. The summed E-state index contributed by atoms with van der Waals surface area (Å²) in [6.07, 6.45) is -18.8. The molecule has 524 valence electrons. The van der Waals surface area contributed by atoms with Crippen LogP contribution in [0.25, 0.3) is 32.8 Å². The van der Waals surface area contributed by atoms with E-state index in [1.54, 1.807) is 62.4 Å². The van der Waals surface area contributed by atoms with Gasteiger partial charge in [0.05, 0.1) is 37.6 Å². The standard InChI is InChI=1S/C67H78ClN9O21/c1-31(2)53(76-66(93)94-29-42-38-13-6-4-11-36(38)37-12-5-7-14-39(37)42)61(88)75-44(17-10-20-70-65(69)92)60(87)71-26-51(82)73-35-18-19-43-33(21-35)22-45(74-43)62(89)77-27-34(25-68)52-41-16-9-8-15-40(41)49(23-46(52)77)96-63-58(86)57(85)56(84)50(97-63)30-95-67(64(90)91)24-47(80)54(72-32(3)79)59(98-67)55(83)48(81)28-78/h4-9,11-16,18-19,21-23,31,34,42,44,47-48,50,53-59,63,74,78,80-81,83-86H,10,17,20,24-30H2,1-3H3,(H,71,87)(H,72,79)(H,73,82)(H,75,88)(H,76,93)(H,90,91)(H3,69,70,92)/t34-,44?,47?,48?,50?,53?,54?,55?,56?,57?,58?,59?,63?,67?/m1/s1. The molecule has 4 heterocycles. The third-order valence-electron chi connectivity index (χ3n) is 17.9. The molecule has 5 aromatic carbocycles. The predicted octanol–water partition coefficient (Wildman–Crippen LogP) is 1.21. The van der Waals surface area contributed by atoms with Crippen molar-refractivity contribution in [3.63, 3.8) is 0 Å². The van der Waals surface area contributed by atoms with Gasteiger partial charge in [-0.1, -0.05) is 86.6 Å². The van der Waals surface area contributed by atoms with Crippen molar-refractivity contribution >= 4 is 92.3 Å². The van der Waals surface area contributed by atoms with Gasteiger partial charge in [0.25, 0.3) is 11.7 Å². The van der Waals surface area contributed by atoms with E-state index < -0.39 is 165 Å². The number of aromatic nitrogens is 1. The number of ether oxygens (including phenoxy) is 5. The van der Waals surface area contributed by atoms with E-state index in [0.717, 1.165) is 29.2 Å². The number of aromatic amines is 1. The number of benzene rings is 5. The number of carboxylic acid groups (broad SMARTS) is 1. The fourth-order valence-electron chi connectivity index (χ4n) is 12.9. The zero-order chi connectivity index (χ0) is 70.4. The van der Waals surface area contributed by atoms with Crippen molar-refractivity contribution in [3.8, 4) is 16.9 Å². The van der Waals surface area contributed by atoms with E-state index >= 15 is 0 Å². The summed E-state index contributed by atoms with van der Waals surface area (Å²) in [5, 5.41) is 103. The molecule has 0 radical (unpaired) electrons. The van der Waals surface area contributed by atoms with Crippen LogP contribution in [0.1, 0.15) is 79.0 Å². The molecular formula is C67H78ClN9O21. The van der Waals surface area contributed by atoms with Gasteiger partial charge in [-0.15, -0.1) is 11.6 Å². The van der Waals surface area contributed by atoms with Gasteiger partial charge in [0, 0.05) is 72.2 Å². The fourth-order valence-corrected chi connectivity index (χ4v) is 13.2. The van der Waals surface area contributed by atoms with E-state index in [1.807, 2.05) is 48.5 Å². The number of alkyl carbamates (subject to hydrolysis) is 1. The molecule has 13 unspecified atom stereocenters. The van der Waals surface area contributed by atoms with E-state index in [4.69, 9.17) is 41.0 Å². The third-order valence-corrected chi connectivity index (χ3v) is 18.2. The second-order valence-electron chi connectivity index (χ2n) is 24.9. The predicted molar refractivity (Wildman–Crippen MR) is 350 cm³/mol. The van der Waals surface area contributed by atoms with Crippen molar-refractivity contribution in [3.05, 3.63) is 126 Å². The molecule has 2 saturated heterocycles. The van der Waals surface area contributed by atoms with Gasteiger partial charge in [0.2, 0.25) is 29.9 Å². The summed E-state index contributed by atoms with van der Waals surface area (Å²) in [6.45, 7) is 2.08. The SMILES string of the molecule is CC(=O)NC1C(O)CC(OCC2OC(Oc3cc4c(c5ccccc35)[C@H](CCl)CN4C(=O)c3cc4cc(NC(=O)CNC(=O)C(CCCNC(N)=O)NC(=O)C(NC(=O)OCC5c6ccccc6-c6ccccc65)C(C)C)ccc4[nH]3)C(O)C(O)C2O)(C(=O)O)OC1C(O)C(O)CO. The van der Waals surface area contributed by atoms with E-state index in [2.05, 4.69) is 36.9 Å². The normalized spacial score (nSPS) is 23.9. The molecule has 98 heavy (non-hydrogen) atoms. The van der Waals surface area contributed by atoms with Crippen LogP contribution in [-0.2, 0) is 42.9 Å². The van der Waals surface area contributed by atoms with Crippen molar-refractivity contribution in [1.29, 1.82) is 0 Å². The molecule has 0 spiro atoms. The average Bonchev–Trinajstić information content (AvgIpc) is 1.45. The lowest BCUT2D eigenvalue weighted by Gasteiger charge is -2.47. The second kappa shape index (κ2) is 30.8. The van der Waals surface area contributed by atoms with Crippen molar-refractivity contribution in [2.24, 2.45) is 11.7 Å². The number of hydrogen-bond acceptors (Lipinski definition) is 20. The van der Waals surface area contributed by atoms with Gasteiger partial charge in [0.15, 0.2) is 0 Å². The Bertz CT molecular complexity index is 3930. The molecule has 30 nitrogen and oxygen atoms in total. The minimum atomic E-state index is -2.87. The first-order valence-corrected chi connectivity index (χ1v) is 32.3. The number of carbonyl (C=O) groups excluding carboxylic acids is 7. The van der Waals surface area contributed by atoms with E-state index in [-0.39, 0.29) is 61.5 Å². The van der Waals surface area contributed by atoms with Gasteiger partial charge in [-0.05, 0) is 76.2 Å². The Kier molecular flexibility index (Phi) is 22.5. The molecular weight excluding hydrogens is 1300 g/mol. The largest absolute Gasteiger partial charge is 0.477 e. The number of nitrogens with one attached hydrogen (secondary N) is 7. The monoisotopic (exact) mass is 1380 g/mol. The first-order chi connectivity index (χ1) is 46.8. The zero-order valence-corrected chi connectivity index (χ0v) is 54.1. The highest BCUT2D eigenvalue weighted by atomic mass is 35.5. The van der Waals surface area contributed by atoms with Gasteiger partial charge in [-0.25, -0.2) is 14.4 Å². The third kappa shape index (κ3) is 15.4. The molecule has 1 aromatic heterocycles. The highest BCUT2D eigenvalue weighted by molar-refractivity contribution is 6.19. The number of primary amides is 1. The molecule has 14 atom stereocenters. The minimum absolute atomic E-state index is 0.00646. The molecule has 4 aliphatic rings. The van der Waals surface area contributed by atoms with Crippen LogP contribution in [0.15, 0.2) is 103 Å². The summed E-state index contributed by atoms with van der Waals surface area (Å²) in [4.78, 5) is 110. The molecule has 10 rings (SSSR count). The van der Waals surface area contributed by atoms with Crippen LogP contribution in [0, 0.1) is 5.92 Å². The number of aliphatic carboxylic acids is 1. The molecule has 0 bridgehead atoms. The van der Waals surface area contributed by atoms with Crippen LogP contribution in [0.3, 0.4) is 0 Å². The Hall–Kier alpha value is -9.05. The number of hydrogen-bond donors (Lipinski definition) is 16. The minimum Gasteiger partial charge on any atom is -0.477 e. The van der Waals surface area contributed by atoms with Crippen LogP contribution in [0.4, 0.5) is 21.0 Å².